The minimum absolute atomic E-state index is 0.690. The normalized spacial score (nSPS) is 11.6. The quantitative estimate of drug-likeness (QED) is 0.715. The Kier molecular flexibility index (Phi) is 6.77. The van der Waals surface area contributed by atoms with Gasteiger partial charge in [0.1, 0.15) is 12.1 Å². The van der Waals surface area contributed by atoms with Gasteiger partial charge < -0.3 is 10.6 Å². The van der Waals surface area contributed by atoms with Gasteiger partial charge in [0.05, 0.1) is 5.69 Å². The topological polar surface area (TPSA) is 49.8 Å². The molecule has 4 heteroatoms. The number of rotatable bonds is 8. The van der Waals surface area contributed by atoms with Gasteiger partial charge in [-0.05, 0) is 25.3 Å². The highest BCUT2D eigenvalue weighted by atomic mass is 15.0. The maximum atomic E-state index is 4.39. The van der Waals surface area contributed by atoms with E-state index in [0.29, 0.717) is 5.92 Å². The van der Waals surface area contributed by atoms with Crippen LogP contribution in [0.2, 0.25) is 0 Å². The smallest absolute Gasteiger partial charge is 0.132 e. The van der Waals surface area contributed by atoms with Crippen molar-refractivity contribution < 1.29 is 0 Å². The molecular weight excluding hydrogens is 248 g/mol. The van der Waals surface area contributed by atoms with Crippen LogP contribution in [0.15, 0.2) is 30.8 Å². The third kappa shape index (κ3) is 5.03. The molecule has 20 heavy (non-hydrogen) atoms. The van der Waals surface area contributed by atoms with Gasteiger partial charge in [-0.1, -0.05) is 26.5 Å². The van der Waals surface area contributed by atoms with Crippen LogP contribution in [0.25, 0.3) is 0 Å². The first kappa shape index (κ1) is 16.2. The summed E-state index contributed by atoms with van der Waals surface area (Å²) in [5.41, 5.74) is 3.24. The molecule has 0 aliphatic rings. The molecule has 1 aromatic heterocycles. The van der Waals surface area contributed by atoms with Crippen molar-refractivity contribution in [1.29, 1.82) is 0 Å². The zero-order valence-electron chi connectivity index (χ0n) is 13.0. The first-order chi connectivity index (χ1) is 9.58. The van der Waals surface area contributed by atoms with Crippen LogP contribution in [0.3, 0.4) is 0 Å². The summed E-state index contributed by atoms with van der Waals surface area (Å²) in [6.07, 6.45) is 7.27. The van der Waals surface area contributed by atoms with E-state index in [1.54, 1.807) is 12.4 Å². The lowest BCUT2D eigenvalue weighted by atomic mass is 10.1. The number of nitrogens with zero attached hydrogens (tertiary/aromatic N) is 2. The Morgan fingerprint density at radius 1 is 1.40 bits per heavy atom. The molecule has 0 amide bonds. The summed E-state index contributed by atoms with van der Waals surface area (Å²) in [5, 5.41) is 6.56. The van der Waals surface area contributed by atoms with Crippen molar-refractivity contribution in [3.63, 3.8) is 0 Å². The Labute approximate surface area is 122 Å². The number of likely N-dealkylation sites (N-methyl/N-ethyl adjacent to an activating group) is 1. The second-order valence-electron chi connectivity index (χ2n) is 5.26. The maximum absolute atomic E-state index is 4.39. The average molecular weight is 274 g/mol. The molecule has 110 valence electrons. The van der Waals surface area contributed by atoms with E-state index in [-0.39, 0.29) is 0 Å². The van der Waals surface area contributed by atoms with Gasteiger partial charge in [-0.2, -0.15) is 0 Å². The lowest BCUT2D eigenvalue weighted by Crippen LogP contribution is -2.13. The molecule has 1 rings (SSSR count). The molecule has 0 aromatic carbocycles. The van der Waals surface area contributed by atoms with E-state index in [1.165, 1.54) is 0 Å². The molecule has 0 spiro atoms. The van der Waals surface area contributed by atoms with Gasteiger partial charge in [0.25, 0.3) is 0 Å². The van der Waals surface area contributed by atoms with E-state index in [2.05, 4.69) is 48.0 Å². The van der Waals surface area contributed by atoms with Crippen LogP contribution >= 0.6 is 0 Å². The molecule has 2 N–H and O–H groups in total. The highest BCUT2D eigenvalue weighted by Gasteiger charge is 2.08. The fourth-order valence-electron chi connectivity index (χ4n) is 1.88. The van der Waals surface area contributed by atoms with Gasteiger partial charge in [0, 0.05) is 31.3 Å². The van der Waals surface area contributed by atoms with Crippen LogP contribution in [0.1, 0.15) is 31.5 Å². The number of nitrogens with one attached hydrogen (secondary N) is 2. The monoisotopic (exact) mass is 274 g/mol. The predicted octanol–water partition coefficient (Wildman–Crippen LogP) is 3.07. The van der Waals surface area contributed by atoms with E-state index in [1.807, 2.05) is 13.1 Å². The van der Waals surface area contributed by atoms with E-state index in [9.17, 15) is 0 Å². The predicted molar refractivity (Wildman–Crippen MR) is 85.8 cm³/mol. The van der Waals surface area contributed by atoms with Crippen LogP contribution < -0.4 is 10.6 Å². The van der Waals surface area contributed by atoms with Crippen molar-refractivity contribution in [3.8, 4) is 0 Å². The van der Waals surface area contributed by atoms with Crippen molar-refractivity contribution in [2.24, 2.45) is 5.92 Å². The number of anilines is 1. The summed E-state index contributed by atoms with van der Waals surface area (Å²) in [6.45, 7) is 11.2. The molecule has 0 aliphatic heterocycles. The van der Waals surface area contributed by atoms with Gasteiger partial charge in [-0.3, -0.25) is 0 Å². The number of allylic oxidation sites excluding steroid dienone is 3. The van der Waals surface area contributed by atoms with Crippen LogP contribution in [0.4, 0.5) is 5.82 Å². The molecule has 0 saturated heterocycles. The van der Waals surface area contributed by atoms with Crippen LogP contribution in [0.5, 0.6) is 0 Å². The second kappa shape index (κ2) is 8.35. The summed E-state index contributed by atoms with van der Waals surface area (Å²) in [5.74, 6) is 1.63. The highest BCUT2D eigenvalue weighted by molar-refractivity contribution is 5.45. The zero-order chi connectivity index (χ0) is 15.0. The number of hydrogen-bond donors (Lipinski definition) is 2. The Morgan fingerprint density at radius 3 is 2.75 bits per heavy atom. The molecule has 0 aliphatic carbocycles. The summed E-state index contributed by atoms with van der Waals surface area (Å²) in [6, 6.07) is 0. The van der Waals surface area contributed by atoms with E-state index in [0.717, 1.165) is 42.2 Å². The Bertz CT molecular complexity index is 464. The van der Waals surface area contributed by atoms with Crippen molar-refractivity contribution >= 4 is 5.82 Å². The zero-order valence-corrected chi connectivity index (χ0v) is 13.0. The summed E-state index contributed by atoms with van der Waals surface area (Å²) in [7, 11) is 1.91. The van der Waals surface area contributed by atoms with Crippen molar-refractivity contribution in [3.05, 3.63) is 42.0 Å². The van der Waals surface area contributed by atoms with Gasteiger partial charge in [-0.25, -0.2) is 9.97 Å². The number of hydrogen-bond acceptors (Lipinski definition) is 4. The SMILES string of the molecule is C=C/C=C(/Cc1ncnc(NCCC(C)C)c1C)NC. The molecule has 0 radical (unpaired) electrons. The molecule has 0 unspecified atom stereocenters. The average Bonchev–Trinajstić information content (AvgIpc) is 2.41. The van der Waals surface area contributed by atoms with Crippen LogP contribution in [0, 0.1) is 12.8 Å². The molecular formula is C16H26N4. The van der Waals surface area contributed by atoms with Crippen LogP contribution in [-0.2, 0) is 6.42 Å². The van der Waals surface area contributed by atoms with Crippen molar-refractivity contribution in [2.45, 2.75) is 33.6 Å². The standard InChI is InChI=1S/C16H26N4/c1-6-7-14(17-5)10-15-13(4)16(20-11-19-15)18-9-8-12(2)3/h6-7,11-12,17H,1,8-10H2,2-5H3,(H,18,19,20)/b14-7-. The van der Waals surface area contributed by atoms with E-state index < -0.39 is 0 Å². The van der Waals surface area contributed by atoms with Gasteiger partial charge in [0.15, 0.2) is 0 Å². The first-order valence-corrected chi connectivity index (χ1v) is 7.12. The second-order valence-corrected chi connectivity index (χ2v) is 5.26. The van der Waals surface area contributed by atoms with Gasteiger partial charge in [0.2, 0.25) is 0 Å². The lowest BCUT2D eigenvalue weighted by molar-refractivity contribution is 0.606. The van der Waals surface area contributed by atoms with E-state index >= 15 is 0 Å². The number of aromatic nitrogens is 2. The molecule has 0 bridgehead atoms. The van der Waals surface area contributed by atoms with Crippen molar-refractivity contribution in [2.75, 3.05) is 18.9 Å². The molecule has 1 heterocycles. The summed E-state index contributed by atoms with van der Waals surface area (Å²) in [4.78, 5) is 8.72. The van der Waals surface area contributed by atoms with E-state index in [4.69, 9.17) is 0 Å². The summed E-state index contributed by atoms with van der Waals surface area (Å²) >= 11 is 0. The fourth-order valence-corrected chi connectivity index (χ4v) is 1.88. The minimum atomic E-state index is 0.690. The maximum Gasteiger partial charge on any atom is 0.132 e. The first-order valence-electron chi connectivity index (χ1n) is 7.12. The molecule has 4 nitrogen and oxygen atoms in total. The lowest BCUT2D eigenvalue weighted by Gasteiger charge is -2.13. The Balaban J connectivity index is 2.78. The highest BCUT2D eigenvalue weighted by Crippen LogP contribution is 2.16. The molecule has 1 aromatic rings. The Hall–Kier alpha value is -1.84. The molecule has 0 atom stereocenters. The fraction of sp³-hybridized carbons (Fsp3) is 0.500. The minimum Gasteiger partial charge on any atom is -0.391 e. The van der Waals surface area contributed by atoms with Crippen LogP contribution in [-0.4, -0.2) is 23.6 Å². The van der Waals surface area contributed by atoms with Crippen molar-refractivity contribution in [1.82, 2.24) is 15.3 Å². The summed E-state index contributed by atoms with van der Waals surface area (Å²) < 4.78 is 0. The largest absolute Gasteiger partial charge is 0.391 e. The molecule has 0 saturated carbocycles. The molecule has 0 fully saturated rings. The third-order valence-electron chi connectivity index (χ3n) is 3.20. The Morgan fingerprint density at radius 2 is 2.15 bits per heavy atom. The third-order valence-corrected chi connectivity index (χ3v) is 3.20. The van der Waals surface area contributed by atoms with Gasteiger partial charge >= 0.3 is 0 Å². The van der Waals surface area contributed by atoms with Gasteiger partial charge in [-0.15, -0.1) is 0 Å².